The van der Waals surface area contributed by atoms with Crippen LogP contribution in [-0.4, -0.2) is 112 Å². The maximum absolute atomic E-state index is 14.3. The van der Waals surface area contributed by atoms with Crippen molar-refractivity contribution in [3.8, 4) is 0 Å². The van der Waals surface area contributed by atoms with Crippen LogP contribution in [0.25, 0.3) is 0 Å². The number of carboxylic acid groups (broad SMARTS) is 2. The van der Waals surface area contributed by atoms with Gasteiger partial charge in [0, 0.05) is 19.3 Å². The fraction of sp³-hybridized carbons (Fsp3) is 0.628. The highest BCUT2D eigenvalue weighted by Crippen LogP contribution is 2.28. The van der Waals surface area contributed by atoms with Crippen LogP contribution in [-0.2, 0) is 54.4 Å². The van der Waals surface area contributed by atoms with Crippen LogP contribution in [0, 0.1) is 24.2 Å². The third kappa shape index (κ3) is 20.5. The molecule has 0 fully saturated rings. The van der Waals surface area contributed by atoms with Crippen molar-refractivity contribution in [1.82, 2.24) is 31.9 Å². The minimum atomic E-state index is -4.79. The van der Waals surface area contributed by atoms with Crippen LogP contribution >= 0.6 is 0 Å². The Morgan fingerprint density at radius 2 is 1.18 bits per heavy atom. The van der Waals surface area contributed by atoms with Gasteiger partial charge in [0.1, 0.15) is 30.2 Å². The van der Waals surface area contributed by atoms with Crippen LogP contribution in [0.2, 0.25) is 0 Å². The number of hydrogen-bond donors (Lipinski definition) is 9. The van der Waals surface area contributed by atoms with E-state index < -0.39 is 139 Å². The van der Waals surface area contributed by atoms with E-state index in [1.54, 1.807) is 65.8 Å². The van der Waals surface area contributed by atoms with Crippen molar-refractivity contribution in [2.45, 2.75) is 156 Å². The molecule has 0 heterocycles. The second-order valence-electron chi connectivity index (χ2n) is 17.5. The van der Waals surface area contributed by atoms with Crippen LogP contribution in [0.5, 0.6) is 0 Å². The lowest BCUT2D eigenvalue weighted by atomic mass is 9.85. The van der Waals surface area contributed by atoms with E-state index in [2.05, 4.69) is 26.6 Å². The second-order valence-corrected chi connectivity index (χ2v) is 17.5. The highest BCUT2D eigenvalue weighted by Gasteiger charge is 2.40. The number of aliphatic carboxylic acids is 2. The lowest BCUT2D eigenvalue weighted by Crippen LogP contribution is -2.62. The van der Waals surface area contributed by atoms with Gasteiger partial charge in [0.2, 0.25) is 41.2 Å². The molecule has 65 heavy (non-hydrogen) atoms. The molecule has 0 radical (unpaired) electrons. The molecule has 364 valence electrons. The summed E-state index contributed by atoms with van der Waals surface area (Å²) in [6.45, 7) is 12.6. The number of nitrogens with two attached hydrogens (primary N) is 1. The Balaban J connectivity index is 3.61. The van der Waals surface area contributed by atoms with E-state index in [1.807, 2.05) is 12.2 Å². The number of unbranched alkanes of at least 4 members (excludes halogenated alkanes) is 1. The van der Waals surface area contributed by atoms with Crippen molar-refractivity contribution in [2.24, 2.45) is 23.0 Å². The molecule has 0 aliphatic heterocycles. The molecule has 10 N–H and O–H groups in total. The van der Waals surface area contributed by atoms with Crippen LogP contribution < -0.4 is 37.6 Å². The molecule has 1 unspecified atom stereocenters. The summed E-state index contributed by atoms with van der Waals surface area (Å²) in [5.41, 5.74) is 5.34. The average molecular weight is 928 g/mol. The average Bonchev–Trinajstić information content (AvgIpc) is 3.17. The van der Waals surface area contributed by atoms with Crippen LogP contribution in [0.1, 0.15) is 111 Å². The molecule has 1 aromatic carbocycles. The molecule has 7 atom stereocenters. The molecule has 22 heteroatoms. The van der Waals surface area contributed by atoms with Crippen molar-refractivity contribution in [1.29, 1.82) is 0 Å². The number of ketones is 1. The van der Waals surface area contributed by atoms with Crippen molar-refractivity contribution in [3.63, 3.8) is 0 Å². The number of Topliss-reactive ketones (excluding diaryl/α,β-unsaturated/α-hetero) is 1. The zero-order chi connectivity index (χ0) is 50.0. The summed E-state index contributed by atoms with van der Waals surface area (Å²) in [5.74, 6) is -14.1. The molecule has 1 aromatic rings. The predicted octanol–water partition coefficient (Wildman–Crippen LogP) is 1.71. The van der Waals surface area contributed by atoms with Crippen molar-refractivity contribution >= 4 is 59.1 Å². The molecule has 0 aromatic heterocycles. The Morgan fingerprint density at radius 1 is 0.662 bits per heavy atom. The SMILES string of the molecule is CCCC[C@H](NC(=O)[C@H](CC(C)C)NC(=O)[C@@H](NC(=O)[C@H](Cc1ccccc1C)NC(=O)[C@H](CCC(=O)O)NC(=O)[C@H](CC(=O)O)NC(=O)CC(C)C(F)(F)F)C(C)(C)C)C(=O)C(N)=O. The van der Waals surface area contributed by atoms with E-state index >= 15 is 0 Å². The molecule has 0 spiro atoms. The van der Waals surface area contributed by atoms with Crippen LogP contribution in [0.15, 0.2) is 24.3 Å². The van der Waals surface area contributed by atoms with Gasteiger partial charge in [0.15, 0.2) is 0 Å². The first-order chi connectivity index (χ1) is 30.0. The van der Waals surface area contributed by atoms with Crippen LogP contribution in [0.4, 0.5) is 13.2 Å². The summed E-state index contributed by atoms with van der Waals surface area (Å²) in [5, 5.41) is 33.2. The molecule has 7 amide bonds. The minimum Gasteiger partial charge on any atom is -0.481 e. The number of carbonyl (C=O) groups excluding carboxylic acids is 8. The number of halogens is 3. The Bertz CT molecular complexity index is 1890. The summed E-state index contributed by atoms with van der Waals surface area (Å²) in [4.78, 5) is 129. The summed E-state index contributed by atoms with van der Waals surface area (Å²) in [7, 11) is 0. The summed E-state index contributed by atoms with van der Waals surface area (Å²) < 4.78 is 39.3. The number of amides is 7. The van der Waals surface area contributed by atoms with E-state index in [4.69, 9.17) is 5.73 Å². The maximum atomic E-state index is 14.3. The molecule has 0 saturated carbocycles. The van der Waals surface area contributed by atoms with Gasteiger partial charge in [-0.2, -0.15) is 13.2 Å². The van der Waals surface area contributed by atoms with Gasteiger partial charge >= 0.3 is 18.1 Å². The summed E-state index contributed by atoms with van der Waals surface area (Å²) in [6.07, 6.45) is -7.45. The monoisotopic (exact) mass is 927 g/mol. The van der Waals surface area contributed by atoms with Gasteiger partial charge in [0.05, 0.1) is 18.4 Å². The third-order valence-corrected chi connectivity index (χ3v) is 10.2. The van der Waals surface area contributed by atoms with Gasteiger partial charge in [-0.1, -0.05) is 85.6 Å². The van der Waals surface area contributed by atoms with Gasteiger partial charge in [-0.25, -0.2) is 0 Å². The smallest absolute Gasteiger partial charge is 0.392 e. The molecule has 0 aliphatic rings. The zero-order valence-corrected chi connectivity index (χ0v) is 38.0. The Labute approximate surface area is 375 Å². The number of rotatable bonds is 27. The zero-order valence-electron chi connectivity index (χ0n) is 38.0. The van der Waals surface area contributed by atoms with Crippen molar-refractivity contribution in [3.05, 3.63) is 35.4 Å². The molecule has 19 nitrogen and oxygen atoms in total. The van der Waals surface area contributed by atoms with Crippen molar-refractivity contribution in [2.75, 3.05) is 0 Å². The quantitative estimate of drug-likeness (QED) is 0.0570. The van der Waals surface area contributed by atoms with Gasteiger partial charge < -0.3 is 47.8 Å². The van der Waals surface area contributed by atoms with E-state index in [0.717, 1.165) is 0 Å². The number of carboxylic acids is 2. The summed E-state index contributed by atoms with van der Waals surface area (Å²) in [6, 6.07) is -2.61. The topological polar surface area (TPSA) is 309 Å². The third-order valence-electron chi connectivity index (χ3n) is 10.2. The first-order valence-electron chi connectivity index (χ1n) is 21.2. The molecule has 0 saturated heterocycles. The highest BCUT2D eigenvalue weighted by atomic mass is 19.4. The number of primary amides is 1. The second kappa shape index (κ2) is 26.0. The molecular weight excluding hydrogens is 864 g/mol. The van der Waals surface area contributed by atoms with Gasteiger partial charge in [-0.15, -0.1) is 0 Å². The van der Waals surface area contributed by atoms with Gasteiger partial charge in [0.25, 0.3) is 5.91 Å². The predicted molar refractivity (Wildman–Crippen MR) is 228 cm³/mol. The normalized spacial score (nSPS) is 14.8. The molecule has 0 aliphatic carbocycles. The number of carbonyl (C=O) groups is 10. The first-order valence-corrected chi connectivity index (χ1v) is 21.2. The number of alkyl halides is 3. The van der Waals surface area contributed by atoms with Gasteiger partial charge in [-0.3, -0.25) is 47.9 Å². The molecule has 0 bridgehead atoms. The largest absolute Gasteiger partial charge is 0.481 e. The number of benzene rings is 1. The number of aryl methyl sites for hydroxylation is 1. The fourth-order valence-electron chi connectivity index (χ4n) is 6.38. The van der Waals surface area contributed by atoms with E-state index in [-0.39, 0.29) is 25.2 Å². The molecule has 1 rings (SSSR count). The molecular formula is C43H64F3N7O12. The van der Waals surface area contributed by atoms with Crippen LogP contribution in [0.3, 0.4) is 0 Å². The van der Waals surface area contributed by atoms with E-state index in [0.29, 0.717) is 30.9 Å². The number of hydrogen-bond acceptors (Lipinski definition) is 10. The lowest BCUT2D eigenvalue weighted by Gasteiger charge is -2.34. The van der Waals surface area contributed by atoms with Crippen molar-refractivity contribution < 1.29 is 71.3 Å². The van der Waals surface area contributed by atoms with E-state index in [1.165, 1.54) is 0 Å². The first kappa shape index (κ1) is 56.9. The highest BCUT2D eigenvalue weighted by molar-refractivity contribution is 6.37. The fourth-order valence-corrected chi connectivity index (χ4v) is 6.38. The standard InChI is InChI=1S/C43H64F3N7O12/c1-9-10-15-26(34(59)36(47)60)49-38(62)28(18-22(2)3)52-41(65)35(42(6,7)8)53-40(64)29(20-25-14-12-11-13-23(25)4)51-37(61)27(16-17-32(55)56)50-39(63)30(21-33(57)58)48-31(54)19-24(5)43(44,45)46/h11-14,22,24,26-30,35H,9-10,15-21H2,1-8H3,(H2,47,60)(H,48,54)(H,49,62)(H,50,63)(H,51,61)(H,52,65)(H,53,64)(H,55,56)(H,57,58)/t24?,26-,27-,28-,29-,30-,35+/m0/s1. The summed E-state index contributed by atoms with van der Waals surface area (Å²) >= 11 is 0. The Hall–Kier alpha value is -6.09. The maximum Gasteiger partial charge on any atom is 0.392 e. The number of nitrogens with one attached hydrogen (secondary N) is 6. The lowest BCUT2D eigenvalue weighted by molar-refractivity contribution is -0.174. The van der Waals surface area contributed by atoms with Gasteiger partial charge in [-0.05, 0) is 48.6 Å². The van der Waals surface area contributed by atoms with E-state index in [9.17, 15) is 71.3 Å². The minimum absolute atomic E-state index is 0.0622. The Kier molecular flexibility index (Phi) is 22.8. The Morgan fingerprint density at radius 3 is 1.69 bits per heavy atom.